The van der Waals surface area contributed by atoms with Crippen molar-refractivity contribution in [3.63, 3.8) is 0 Å². The summed E-state index contributed by atoms with van der Waals surface area (Å²) in [5.74, 6) is 0.165. The van der Waals surface area contributed by atoms with E-state index in [0.29, 0.717) is 38.2 Å². The van der Waals surface area contributed by atoms with Gasteiger partial charge in [0.1, 0.15) is 0 Å². The number of benzene rings is 1. The van der Waals surface area contributed by atoms with Crippen LogP contribution in [0.5, 0.6) is 0 Å². The maximum Gasteiger partial charge on any atom is 0.166 e. The Bertz CT molecular complexity index is 742. The zero-order valence-electron chi connectivity index (χ0n) is 15.3. The summed E-state index contributed by atoms with van der Waals surface area (Å²) in [6.07, 6.45) is 2.85. The van der Waals surface area contributed by atoms with Crippen LogP contribution in [0.3, 0.4) is 0 Å². The van der Waals surface area contributed by atoms with Crippen molar-refractivity contribution in [2.45, 2.75) is 23.9 Å². The minimum atomic E-state index is -0.263. The van der Waals surface area contributed by atoms with E-state index in [-0.39, 0.29) is 5.82 Å². The number of hydrogen-bond donors (Lipinski definition) is 1. The molecule has 2 aliphatic rings. The molecule has 1 unspecified atom stereocenters. The zero-order chi connectivity index (χ0) is 18.5. The summed E-state index contributed by atoms with van der Waals surface area (Å²) in [5, 5.41) is 0. The fraction of sp³-hybridized carbons (Fsp3) is 0.450. The van der Waals surface area contributed by atoms with Crippen molar-refractivity contribution >= 4 is 17.8 Å². The van der Waals surface area contributed by atoms with Crippen LogP contribution in [-0.2, 0) is 11.3 Å². The van der Waals surface area contributed by atoms with Crippen LogP contribution in [0.2, 0.25) is 0 Å². The highest BCUT2D eigenvalue weighted by atomic mass is 32.2. The minimum absolute atomic E-state index is 0.263. The molecule has 0 amide bonds. The number of rotatable bonds is 6. The molecule has 2 aliphatic heterocycles. The van der Waals surface area contributed by atoms with E-state index in [1.54, 1.807) is 12.3 Å². The van der Waals surface area contributed by atoms with Gasteiger partial charge in [0.15, 0.2) is 11.6 Å². The Labute approximate surface area is 164 Å². The maximum absolute atomic E-state index is 14.4. The smallest absolute Gasteiger partial charge is 0.166 e. The normalized spacial score (nSPS) is 20.9. The second kappa shape index (κ2) is 9.01. The highest BCUT2D eigenvalue weighted by Gasteiger charge is 2.23. The Morgan fingerprint density at radius 2 is 2.00 bits per heavy atom. The quantitative estimate of drug-likeness (QED) is 0.768. The van der Waals surface area contributed by atoms with E-state index in [4.69, 9.17) is 4.74 Å². The number of nitrogens with zero attached hydrogens (tertiary/aromatic N) is 3. The van der Waals surface area contributed by atoms with E-state index in [9.17, 15) is 4.39 Å². The standard InChI is InChI=1S/C20H25FN4OS/c21-19-12-18(13-22-20(19)25-8-10-26-11-9-25)27-23-17-6-7-24(15-17)14-16-4-2-1-3-5-16/h1-5,12-13,17,23H,6-11,14-15H2. The Kier molecular flexibility index (Phi) is 6.24. The highest BCUT2D eigenvalue weighted by Crippen LogP contribution is 2.24. The molecule has 1 N–H and O–H groups in total. The average molecular weight is 389 g/mol. The van der Waals surface area contributed by atoms with Gasteiger partial charge in [-0.1, -0.05) is 30.3 Å². The van der Waals surface area contributed by atoms with Crippen molar-refractivity contribution in [1.82, 2.24) is 14.6 Å². The first kappa shape index (κ1) is 18.7. The van der Waals surface area contributed by atoms with Crippen LogP contribution in [0, 0.1) is 5.82 Å². The first-order valence-electron chi connectivity index (χ1n) is 9.45. The Morgan fingerprint density at radius 1 is 1.19 bits per heavy atom. The van der Waals surface area contributed by atoms with Crippen molar-refractivity contribution < 1.29 is 9.13 Å². The van der Waals surface area contributed by atoms with Gasteiger partial charge < -0.3 is 9.64 Å². The summed E-state index contributed by atoms with van der Waals surface area (Å²) in [4.78, 5) is 9.55. The van der Waals surface area contributed by atoms with Crippen LogP contribution >= 0.6 is 11.9 Å². The zero-order valence-corrected chi connectivity index (χ0v) is 16.1. The predicted molar refractivity (Wildman–Crippen MR) is 106 cm³/mol. The van der Waals surface area contributed by atoms with E-state index in [2.05, 4.69) is 38.9 Å². The summed E-state index contributed by atoms with van der Waals surface area (Å²) >= 11 is 1.47. The minimum Gasteiger partial charge on any atom is -0.378 e. The number of nitrogens with one attached hydrogen (secondary N) is 1. The molecule has 0 bridgehead atoms. The van der Waals surface area contributed by atoms with E-state index in [0.717, 1.165) is 31.0 Å². The van der Waals surface area contributed by atoms with Gasteiger partial charge in [0.25, 0.3) is 0 Å². The molecule has 7 heteroatoms. The molecule has 2 saturated heterocycles. The number of pyridine rings is 1. The monoisotopic (exact) mass is 388 g/mol. The highest BCUT2D eigenvalue weighted by molar-refractivity contribution is 7.97. The first-order valence-corrected chi connectivity index (χ1v) is 10.3. The molecule has 5 nitrogen and oxygen atoms in total. The van der Waals surface area contributed by atoms with Crippen LogP contribution in [0.15, 0.2) is 47.5 Å². The first-order chi connectivity index (χ1) is 13.3. The Balaban J connectivity index is 1.27. The summed E-state index contributed by atoms with van der Waals surface area (Å²) in [7, 11) is 0. The second-order valence-electron chi connectivity index (χ2n) is 7.00. The van der Waals surface area contributed by atoms with Gasteiger partial charge in [0, 0.05) is 49.9 Å². The molecule has 0 spiro atoms. The van der Waals surface area contributed by atoms with Crippen molar-refractivity contribution in [3.05, 3.63) is 54.0 Å². The molecule has 1 aromatic heterocycles. The maximum atomic E-state index is 14.4. The fourth-order valence-corrected chi connectivity index (χ4v) is 4.31. The summed E-state index contributed by atoms with van der Waals surface area (Å²) < 4.78 is 23.2. The molecule has 0 radical (unpaired) electrons. The Morgan fingerprint density at radius 3 is 2.78 bits per heavy atom. The summed E-state index contributed by atoms with van der Waals surface area (Å²) in [6, 6.07) is 12.5. The van der Waals surface area contributed by atoms with Crippen LogP contribution in [0.1, 0.15) is 12.0 Å². The van der Waals surface area contributed by atoms with Crippen molar-refractivity contribution in [1.29, 1.82) is 0 Å². The molecular weight excluding hydrogens is 363 g/mol. The van der Waals surface area contributed by atoms with Gasteiger partial charge in [0.2, 0.25) is 0 Å². The molecule has 0 saturated carbocycles. The van der Waals surface area contributed by atoms with Gasteiger partial charge in [0.05, 0.1) is 13.2 Å². The summed E-state index contributed by atoms with van der Waals surface area (Å²) in [5.41, 5.74) is 1.34. The number of aromatic nitrogens is 1. The SMILES string of the molecule is Fc1cc(SNC2CCN(Cc3ccccc3)C2)cnc1N1CCOCC1. The number of ether oxygens (including phenoxy) is 1. The molecule has 1 atom stereocenters. The number of halogens is 1. The molecule has 2 aromatic rings. The van der Waals surface area contributed by atoms with E-state index >= 15 is 0 Å². The molecule has 2 fully saturated rings. The fourth-order valence-electron chi connectivity index (χ4n) is 3.54. The third kappa shape index (κ3) is 4.99. The van der Waals surface area contributed by atoms with Gasteiger partial charge in [-0.25, -0.2) is 9.37 Å². The molecule has 1 aromatic carbocycles. The average Bonchev–Trinajstić information content (AvgIpc) is 3.15. The van der Waals surface area contributed by atoms with Gasteiger partial charge >= 0.3 is 0 Å². The third-order valence-corrected chi connectivity index (χ3v) is 5.88. The van der Waals surface area contributed by atoms with Gasteiger partial charge in [-0.3, -0.25) is 9.62 Å². The van der Waals surface area contributed by atoms with Gasteiger partial charge in [-0.15, -0.1) is 0 Å². The van der Waals surface area contributed by atoms with E-state index in [1.807, 2.05) is 11.0 Å². The lowest BCUT2D eigenvalue weighted by molar-refractivity contribution is 0.122. The van der Waals surface area contributed by atoms with E-state index in [1.165, 1.54) is 17.5 Å². The predicted octanol–water partition coefficient (Wildman–Crippen LogP) is 2.93. The number of likely N-dealkylation sites (tertiary alicyclic amines) is 1. The lowest BCUT2D eigenvalue weighted by Gasteiger charge is -2.28. The number of hydrogen-bond acceptors (Lipinski definition) is 6. The van der Waals surface area contributed by atoms with Gasteiger partial charge in [-0.05, 0) is 30.0 Å². The van der Waals surface area contributed by atoms with Crippen LogP contribution in [0.25, 0.3) is 0 Å². The third-order valence-electron chi connectivity index (χ3n) is 4.97. The van der Waals surface area contributed by atoms with E-state index < -0.39 is 0 Å². The molecular formula is C20H25FN4OS. The van der Waals surface area contributed by atoms with Gasteiger partial charge in [-0.2, -0.15) is 0 Å². The number of morpholine rings is 1. The topological polar surface area (TPSA) is 40.6 Å². The number of anilines is 1. The van der Waals surface area contributed by atoms with Crippen LogP contribution in [0.4, 0.5) is 10.2 Å². The molecule has 27 heavy (non-hydrogen) atoms. The largest absolute Gasteiger partial charge is 0.378 e. The van der Waals surface area contributed by atoms with Crippen molar-refractivity contribution in [3.8, 4) is 0 Å². The van der Waals surface area contributed by atoms with Crippen molar-refractivity contribution in [2.75, 3.05) is 44.3 Å². The van der Waals surface area contributed by atoms with Crippen LogP contribution in [-0.4, -0.2) is 55.3 Å². The molecule has 4 rings (SSSR count). The molecule has 3 heterocycles. The van der Waals surface area contributed by atoms with Crippen molar-refractivity contribution in [2.24, 2.45) is 0 Å². The lowest BCUT2D eigenvalue weighted by atomic mass is 10.2. The Hall–Kier alpha value is -1.67. The molecule has 144 valence electrons. The molecule has 0 aliphatic carbocycles. The summed E-state index contributed by atoms with van der Waals surface area (Å²) in [6.45, 7) is 5.69. The second-order valence-corrected chi connectivity index (χ2v) is 7.91. The lowest BCUT2D eigenvalue weighted by Crippen LogP contribution is -2.37. The van der Waals surface area contributed by atoms with Crippen LogP contribution < -0.4 is 9.62 Å².